The van der Waals surface area contributed by atoms with Crippen LogP contribution in [-0.2, 0) is 6.54 Å². The third kappa shape index (κ3) is 3.89. The zero-order valence-corrected chi connectivity index (χ0v) is 14.6. The average Bonchev–Trinajstić information content (AvgIpc) is 2.80. The lowest BCUT2D eigenvalue weighted by molar-refractivity contribution is 0.244. The van der Waals surface area contributed by atoms with Gasteiger partial charge >= 0.3 is 0 Å². The van der Waals surface area contributed by atoms with E-state index in [1.807, 2.05) is 6.07 Å². The van der Waals surface area contributed by atoms with E-state index in [0.717, 1.165) is 15.5 Å². The van der Waals surface area contributed by atoms with Crippen LogP contribution in [0, 0.1) is 0 Å². The average molecular weight is 404 g/mol. The summed E-state index contributed by atoms with van der Waals surface area (Å²) >= 11 is 8.84. The molecule has 0 fully saturated rings. The summed E-state index contributed by atoms with van der Waals surface area (Å²) < 4.78 is 2.27. The third-order valence-electron chi connectivity index (χ3n) is 3.05. The number of nitrogens with two attached hydrogens (primary N) is 1. The van der Waals surface area contributed by atoms with Crippen molar-refractivity contribution >= 4 is 43.2 Å². The molecule has 0 spiro atoms. The molecule has 2 rings (SSSR count). The number of rotatable bonds is 5. The Kier molecular flexibility index (Phi) is 5.59. The van der Waals surface area contributed by atoms with E-state index in [1.165, 1.54) is 10.4 Å². The molecule has 1 heterocycles. The van der Waals surface area contributed by atoms with Gasteiger partial charge in [-0.15, -0.1) is 11.3 Å². The van der Waals surface area contributed by atoms with Gasteiger partial charge in [0.25, 0.3) is 0 Å². The van der Waals surface area contributed by atoms with Crippen molar-refractivity contribution in [1.82, 2.24) is 4.90 Å². The van der Waals surface area contributed by atoms with Crippen LogP contribution in [0.1, 0.15) is 16.5 Å². The summed E-state index contributed by atoms with van der Waals surface area (Å²) in [7, 11) is 2.12. The van der Waals surface area contributed by atoms with Crippen molar-refractivity contribution in [3.63, 3.8) is 0 Å². The zero-order valence-electron chi connectivity index (χ0n) is 10.6. The van der Waals surface area contributed by atoms with Gasteiger partial charge in [0, 0.05) is 32.3 Å². The van der Waals surface area contributed by atoms with Crippen LogP contribution < -0.4 is 5.73 Å². The minimum atomic E-state index is 0.253. The van der Waals surface area contributed by atoms with Crippen LogP contribution in [0.4, 0.5) is 0 Å². The van der Waals surface area contributed by atoms with Crippen LogP contribution in [0.5, 0.6) is 0 Å². The van der Waals surface area contributed by atoms with Crippen LogP contribution in [-0.4, -0.2) is 18.5 Å². The van der Waals surface area contributed by atoms with Crippen molar-refractivity contribution in [2.75, 3.05) is 13.6 Å². The maximum Gasteiger partial charge on any atom is 0.0565 e. The standard InChI is InChI=1S/C14H16Br2N2S/c1-18(8-10-4-2-3-5-12(10)16)13(7-17)14-6-11(15)9-19-14/h2-6,9,13H,7-8,17H2,1H3. The molecule has 0 saturated carbocycles. The highest BCUT2D eigenvalue weighted by Gasteiger charge is 2.18. The SMILES string of the molecule is CN(Cc1ccccc1Br)C(CN)c1cc(Br)cs1. The van der Waals surface area contributed by atoms with Gasteiger partial charge in [-0.3, -0.25) is 4.90 Å². The first-order valence-electron chi connectivity index (χ1n) is 5.99. The number of thiophene rings is 1. The maximum absolute atomic E-state index is 5.94. The fraction of sp³-hybridized carbons (Fsp3) is 0.286. The van der Waals surface area contributed by atoms with Crippen molar-refractivity contribution in [3.05, 3.63) is 55.1 Å². The number of halogens is 2. The number of likely N-dealkylation sites (N-methyl/N-ethyl adjacent to an activating group) is 1. The van der Waals surface area contributed by atoms with Gasteiger partial charge in [-0.1, -0.05) is 34.1 Å². The second-order valence-corrected chi connectivity index (χ2v) is 7.14. The van der Waals surface area contributed by atoms with Gasteiger partial charge in [-0.25, -0.2) is 0 Å². The van der Waals surface area contributed by atoms with Crippen molar-refractivity contribution in [2.24, 2.45) is 5.73 Å². The number of hydrogen-bond acceptors (Lipinski definition) is 3. The fourth-order valence-corrected chi connectivity index (χ4v) is 4.06. The monoisotopic (exact) mass is 402 g/mol. The summed E-state index contributed by atoms with van der Waals surface area (Å²) in [4.78, 5) is 3.59. The van der Waals surface area contributed by atoms with Gasteiger partial charge in [0.2, 0.25) is 0 Å². The maximum atomic E-state index is 5.94. The largest absolute Gasteiger partial charge is 0.329 e. The molecule has 5 heteroatoms. The van der Waals surface area contributed by atoms with E-state index in [9.17, 15) is 0 Å². The Bertz CT molecular complexity index is 542. The second-order valence-electron chi connectivity index (χ2n) is 4.43. The molecule has 1 aromatic carbocycles. The van der Waals surface area contributed by atoms with Crippen molar-refractivity contribution in [3.8, 4) is 0 Å². The van der Waals surface area contributed by atoms with Crippen LogP contribution in [0.25, 0.3) is 0 Å². The lowest BCUT2D eigenvalue weighted by Gasteiger charge is -2.26. The highest BCUT2D eigenvalue weighted by molar-refractivity contribution is 9.10. The van der Waals surface area contributed by atoms with E-state index in [-0.39, 0.29) is 6.04 Å². The molecule has 0 bridgehead atoms. The molecule has 1 aromatic heterocycles. The smallest absolute Gasteiger partial charge is 0.0565 e. The normalized spacial score (nSPS) is 12.9. The van der Waals surface area contributed by atoms with Crippen LogP contribution >= 0.6 is 43.2 Å². The predicted octanol–water partition coefficient (Wildman–Crippen LogP) is 4.40. The summed E-state index contributed by atoms with van der Waals surface area (Å²) in [5.41, 5.74) is 7.22. The van der Waals surface area contributed by atoms with Crippen LogP contribution in [0.2, 0.25) is 0 Å². The Hall–Kier alpha value is -0.200. The molecule has 0 saturated heterocycles. The summed E-state index contributed by atoms with van der Waals surface area (Å²) in [5, 5.41) is 2.10. The van der Waals surface area contributed by atoms with Gasteiger partial charge in [0.1, 0.15) is 0 Å². The van der Waals surface area contributed by atoms with E-state index >= 15 is 0 Å². The first-order chi connectivity index (χ1) is 9.11. The van der Waals surface area contributed by atoms with Gasteiger partial charge < -0.3 is 5.73 Å². The molecule has 2 nitrogen and oxygen atoms in total. The molecule has 1 atom stereocenters. The first kappa shape index (κ1) is 15.2. The van der Waals surface area contributed by atoms with Crippen molar-refractivity contribution in [1.29, 1.82) is 0 Å². The molecule has 102 valence electrons. The lowest BCUT2D eigenvalue weighted by Crippen LogP contribution is -2.29. The number of hydrogen-bond donors (Lipinski definition) is 1. The molecule has 2 aromatic rings. The minimum absolute atomic E-state index is 0.253. The number of benzene rings is 1. The molecule has 0 amide bonds. The van der Waals surface area contributed by atoms with Gasteiger partial charge in [0.15, 0.2) is 0 Å². The molecular formula is C14H16Br2N2S. The minimum Gasteiger partial charge on any atom is -0.329 e. The lowest BCUT2D eigenvalue weighted by atomic mass is 10.1. The highest BCUT2D eigenvalue weighted by Crippen LogP contribution is 2.29. The molecule has 19 heavy (non-hydrogen) atoms. The Labute approximate surface area is 134 Å². The van der Waals surface area contributed by atoms with E-state index in [1.54, 1.807) is 11.3 Å². The Morgan fingerprint density at radius 1 is 1.32 bits per heavy atom. The van der Waals surface area contributed by atoms with Gasteiger partial charge in [-0.2, -0.15) is 0 Å². The Morgan fingerprint density at radius 3 is 2.63 bits per heavy atom. The second kappa shape index (κ2) is 6.99. The molecule has 0 aliphatic carbocycles. The summed E-state index contributed by atoms with van der Waals surface area (Å²) in [6.07, 6.45) is 0. The summed E-state index contributed by atoms with van der Waals surface area (Å²) in [6, 6.07) is 10.7. The van der Waals surface area contributed by atoms with E-state index in [4.69, 9.17) is 5.73 Å². The Balaban J connectivity index is 2.13. The first-order valence-corrected chi connectivity index (χ1v) is 8.46. The molecule has 0 aliphatic rings. The van der Waals surface area contributed by atoms with E-state index < -0.39 is 0 Å². The topological polar surface area (TPSA) is 29.3 Å². The molecule has 2 N–H and O–H groups in total. The van der Waals surface area contributed by atoms with E-state index in [2.05, 4.69) is 73.5 Å². The molecular weight excluding hydrogens is 388 g/mol. The van der Waals surface area contributed by atoms with Crippen molar-refractivity contribution < 1.29 is 0 Å². The quantitative estimate of drug-likeness (QED) is 0.801. The predicted molar refractivity (Wildman–Crippen MR) is 89.4 cm³/mol. The molecule has 0 aliphatic heterocycles. The zero-order chi connectivity index (χ0) is 13.8. The van der Waals surface area contributed by atoms with Gasteiger partial charge in [-0.05, 0) is 40.7 Å². The Morgan fingerprint density at radius 2 is 2.05 bits per heavy atom. The third-order valence-corrected chi connectivity index (χ3v) is 5.62. The van der Waals surface area contributed by atoms with Gasteiger partial charge in [0.05, 0.1) is 6.04 Å². The number of nitrogens with zero attached hydrogens (tertiary/aromatic N) is 1. The van der Waals surface area contributed by atoms with E-state index in [0.29, 0.717) is 6.54 Å². The fourth-order valence-electron chi connectivity index (χ4n) is 2.02. The van der Waals surface area contributed by atoms with Crippen LogP contribution in [0.15, 0.2) is 44.7 Å². The highest BCUT2D eigenvalue weighted by atomic mass is 79.9. The van der Waals surface area contributed by atoms with Crippen LogP contribution in [0.3, 0.4) is 0 Å². The summed E-state index contributed by atoms with van der Waals surface area (Å²) in [5.74, 6) is 0. The van der Waals surface area contributed by atoms with Crippen molar-refractivity contribution in [2.45, 2.75) is 12.6 Å². The molecule has 0 radical (unpaired) electrons. The summed E-state index contributed by atoms with van der Waals surface area (Å²) in [6.45, 7) is 1.49. The molecule has 1 unspecified atom stereocenters.